The van der Waals surface area contributed by atoms with Crippen molar-refractivity contribution in [1.82, 2.24) is 19.6 Å². The molecule has 0 spiro atoms. The quantitative estimate of drug-likeness (QED) is 0.509. The fourth-order valence-electron chi connectivity index (χ4n) is 2.18. The van der Waals surface area contributed by atoms with Crippen LogP contribution in [0.15, 0.2) is 30.6 Å². The fraction of sp³-hybridized carbons (Fsp3) is 0.133. The van der Waals surface area contributed by atoms with Crippen molar-refractivity contribution < 1.29 is 38.3 Å². The van der Waals surface area contributed by atoms with E-state index in [1.54, 1.807) is 18.3 Å². The minimum Gasteiger partial charge on any atom is -0.545 e. The number of rotatable bonds is 4. The van der Waals surface area contributed by atoms with Gasteiger partial charge in [0.15, 0.2) is 11.5 Å². The summed E-state index contributed by atoms with van der Waals surface area (Å²) in [5, 5.41) is 18.1. The number of imidazole rings is 1. The molecule has 0 radical (unpaired) electrons. The molecule has 0 atom stereocenters. The van der Waals surface area contributed by atoms with Crippen molar-refractivity contribution >= 4 is 23.3 Å². The van der Waals surface area contributed by atoms with Gasteiger partial charge in [-0.1, -0.05) is 0 Å². The van der Waals surface area contributed by atoms with Crippen LogP contribution in [-0.2, 0) is 4.79 Å². The van der Waals surface area contributed by atoms with Gasteiger partial charge in [0, 0.05) is 18.7 Å². The first kappa shape index (κ1) is 18.4. The number of ether oxygens (including phenoxy) is 1. The molecular weight excluding hydrogens is 321 g/mol. The van der Waals surface area contributed by atoms with Crippen LogP contribution in [0.3, 0.4) is 0 Å². The van der Waals surface area contributed by atoms with Gasteiger partial charge < -0.3 is 20.0 Å². The molecule has 1 amide bonds. The predicted molar refractivity (Wildman–Crippen MR) is 81.4 cm³/mol. The van der Waals surface area contributed by atoms with Crippen LogP contribution in [0.1, 0.15) is 17.3 Å². The van der Waals surface area contributed by atoms with Crippen molar-refractivity contribution in [2.45, 2.75) is 6.92 Å². The molecule has 0 saturated heterocycles. The molecule has 122 valence electrons. The average Bonchev–Trinajstić information content (AvgIpc) is 2.94. The number of anilines is 1. The number of methoxy groups -OCH3 is 1. The first-order valence-corrected chi connectivity index (χ1v) is 6.87. The van der Waals surface area contributed by atoms with Gasteiger partial charge in [-0.2, -0.15) is 5.10 Å². The minimum absolute atomic E-state index is 0. The summed E-state index contributed by atoms with van der Waals surface area (Å²) in [5.74, 6) is -1.29. The Morgan fingerprint density at radius 2 is 2.08 bits per heavy atom. The van der Waals surface area contributed by atoms with Crippen molar-refractivity contribution in [3.8, 4) is 17.1 Å². The minimum atomic E-state index is -1.39. The number of aromatic carboxylic acids is 1. The van der Waals surface area contributed by atoms with Gasteiger partial charge in [0.2, 0.25) is 11.8 Å². The molecule has 0 saturated carbocycles. The Balaban J connectivity index is 0.00000225. The van der Waals surface area contributed by atoms with E-state index in [2.05, 4.69) is 20.4 Å². The van der Waals surface area contributed by atoms with Gasteiger partial charge in [-0.05, 0) is 18.2 Å². The maximum atomic E-state index is 11.2. The van der Waals surface area contributed by atoms with Crippen LogP contribution < -0.4 is 34.0 Å². The average molecular weight is 333 g/mol. The third kappa shape index (κ3) is 3.79. The monoisotopic (exact) mass is 333 g/mol. The maximum absolute atomic E-state index is 11.2. The van der Waals surface area contributed by atoms with Crippen LogP contribution in [-0.4, -0.2) is 38.6 Å². The Kier molecular flexibility index (Phi) is 5.41. The van der Waals surface area contributed by atoms with Gasteiger partial charge in [-0.3, -0.25) is 4.79 Å². The number of nitrogens with one attached hydrogen (secondary N) is 1. The molecule has 0 fully saturated rings. The van der Waals surface area contributed by atoms with Crippen LogP contribution in [0.25, 0.3) is 16.9 Å². The molecule has 0 unspecified atom stereocenters. The zero-order valence-electron chi connectivity index (χ0n) is 13.8. The maximum Gasteiger partial charge on any atom is 1.00 e. The number of hydrogen-bond acceptors (Lipinski definition) is 7. The molecule has 3 aromatic rings. The Morgan fingerprint density at radius 3 is 2.72 bits per heavy atom. The number of carbonyl (C=O) groups excluding carboxylic acids is 2. The molecule has 0 bridgehead atoms. The van der Waals surface area contributed by atoms with Gasteiger partial charge in [-0.25, -0.2) is 14.5 Å². The fourth-order valence-corrected chi connectivity index (χ4v) is 2.18. The van der Waals surface area contributed by atoms with Gasteiger partial charge in [0.1, 0.15) is 0 Å². The molecule has 0 aliphatic rings. The van der Waals surface area contributed by atoms with E-state index in [1.807, 2.05) is 0 Å². The van der Waals surface area contributed by atoms with Gasteiger partial charge in [0.25, 0.3) is 0 Å². The van der Waals surface area contributed by atoms with E-state index >= 15 is 0 Å². The van der Waals surface area contributed by atoms with E-state index in [0.717, 1.165) is 0 Å². The number of amides is 1. The van der Waals surface area contributed by atoms with Gasteiger partial charge in [-0.15, -0.1) is 0 Å². The molecule has 0 aliphatic heterocycles. The summed E-state index contributed by atoms with van der Waals surface area (Å²) in [4.78, 5) is 30.4. The zero-order chi connectivity index (χ0) is 17.3. The number of aromatic nitrogens is 4. The smallest absolute Gasteiger partial charge is 0.545 e. The van der Waals surface area contributed by atoms with Crippen molar-refractivity contribution in [3.63, 3.8) is 0 Å². The molecular formula is C15H12LiN5O4. The van der Waals surface area contributed by atoms with Crippen molar-refractivity contribution in [3.05, 3.63) is 36.2 Å². The molecule has 3 heterocycles. The van der Waals surface area contributed by atoms with Crippen LogP contribution in [0.4, 0.5) is 5.82 Å². The third-order valence-corrected chi connectivity index (χ3v) is 3.18. The molecule has 9 nitrogen and oxygen atoms in total. The summed E-state index contributed by atoms with van der Waals surface area (Å²) in [5.41, 5.74) is 1.32. The van der Waals surface area contributed by atoms with Crippen molar-refractivity contribution in [2.24, 2.45) is 0 Å². The summed E-state index contributed by atoms with van der Waals surface area (Å²) in [6, 6.07) is 4.74. The van der Waals surface area contributed by atoms with E-state index in [9.17, 15) is 14.7 Å². The number of pyridine rings is 1. The molecule has 0 aliphatic carbocycles. The molecule has 3 aromatic heterocycles. The third-order valence-electron chi connectivity index (χ3n) is 3.18. The second kappa shape index (κ2) is 7.34. The van der Waals surface area contributed by atoms with E-state index in [-0.39, 0.29) is 36.2 Å². The van der Waals surface area contributed by atoms with Crippen molar-refractivity contribution in [2.75, 3.05) is 12.4 Å². The van der Waals surface area contributed by atoms with Gasteiger partial charge >= 0.3 is 18.9 Å². The van der Waals surface area contributed by atoms with E-state index in [4.69, 9.17) is 4.74 Å². The SMILES string of the molecule is COc1ncc(-c2ccc3nc(NC(C)=O)cn3n2)cc1C(=O)[O-].[Li+]. The van der Waals surface area contributed by atoms with E-state index < -0.39 is 5.97 Å². The molecule has 1 N–H and O–H groups in total. The standard InChI is InChI=1S/C15H13N5O4.Li/c1-8(21)17-12-7-20-13(18-12)4-3-11(19-20)9-5-10(15(22)23)14(24-2)16-6-9;/h3-7H,1-2H3,(H,17,21)(H,22,23);/q;+1/p-1. The largest absolute Gasteiger partial charge is 1.00 e. The number of fused-ring (bicyclic) bond motifs is 1. The number of hydrogen-bond donors (Lipinski definition) is 1. The Hall–Kier alpha value is -2.89. The van der Waals surface area contributed by atoms with E-state index in [0.29, 0.717) is 22.7 Å². The summed E-state index contributed by atoms with van der Waals surface area (Å²) in [6.07, 6.45) is 3.00. The summed E-state index contributed by atoms with van der Waals surface area (Å²) in [6.45, 7) is 1.38. The summed E-state index contributed by atoms with van der Waals surface area (Å²) >= 11 is 0. The molecule has 10 heteroatoms. The number of carboxylic acids is 1. The summed E-state index contributed by atoms with van der Waals surface area (Å²) in [7, 11) is 1.33. The first-order valence-electron chi connectivity index (χ1n) is 6.87. The second-order valence-electron chi connectivity index (χ2n) is 4.90. The summed E-state index contributed by atoms with van der Waals surface area (Å²) < 4.78 is 6.38. The van der Waals surface area contributed by atoms with Crippen LogP contribution in [0.2, 0.25) is 0 Å². The van der Waals surface area contributed by atoms with Gasteiger partial charge in [0.05, 0.1) is 30.5 Å². The number of nitrogens with zero attached hydrogens (tertiary/aromatic N) is 4. The van der Waals surface area contributed by atoms with E-state index in [1.165, 1.54) is 30.8 Å². The number of carbonyl (C=O) groups is 2. The Morgan fingerprint density at radius 1 is 1.32 bits per heavy atom. The Labute approximate surface area is 154 Å². The zero-order valence-corrected chi connectivity index (χ0v) is 13.8. The molecule has 0 aromatic carbocycles. The molecule has 3 rings (SSSR count). The Bertz CT molecular complexity index is 956. The first-order chi connectivity index (χ1) is 11.5. The topological polar surface area (TPSA) is 122 Å². The molecule has 25 heavy (non-hydrogen) atoms. The van der Waals surface area contributed by atoms with Crippen LogP contribution in [0.5, 0.6) is 5.88 Å². The second-order valence-corrected chi connectivity index (χ2v) is 4.90. The predicted octanol–water partition coefficient (Wildman–Crippen LogP) is -2.87. The normalized spacial score (nSPS) is 10.2. The number of carboxylic acid groups (broad SMARTS) is 1. The van der Waals surface area contributed by atoms with Crippen LogP contribution in [0, 0.1) is 0 Å². The van der Waals surface area contributed by atoms with Crippen LogP contribution >= 0.6 is 0 Å². The van der Waals surface area contributed by atoms with Crippen molar-refractivity contribution in [1.29, 1.82) is 0 Å².